The molecule has 1 aromatic carbocycles. The first-order valence-electron chi connectivity index (χ1n) is 9.34. The molecule has 5 nitrogen and oxygen atoms in total. The Bertz CT molecular complexity index is 596. The minimum Gasteiger partial charge on any atom is -0.466 e. The molecule has 2 rings (SSSR count). The predicted octanol–water partition coefficient (Wildman–Crippen LogP) is 2.91. The standard InChI is InChI=1S/C20H29FN2O3/c1-4-26-20(25)16-9-11-23(12-10-16)13-18(24)22-19(14(2)3)15-5-7-17(21)8-6-15/h5-8,14,16,19H,4,9-13H2,1-3H3,(H,22,24). The Morgan fingerprint density at radius 3 is 2.38 bits per heavy atom. The first kappa shape index (κ1) is 20.4. The summed E-state index contributed by atoms with van der Waals surface area (Å²) in [5.41, 5.74) is 0.899. The van der Waals surface area contributed by atoms with Gasteiger partial charge in [-0.25, -0.2) is 4.39 Å². The van der Waals surface area contributed by atoms with E-state index in [2.05, 4.69) is 10.2 Å². The minimum absolute atomic E-state index is 0.0531. The van der Waals surface area contributed by atoms with Crippen LogP contribution in [-0.4, -0.2) is 43.0 Å². The van der Waals surface area contributed by atoms with E-state index in [1.54, 1.807) is 12.1 Å². The van der Waals surface area contributed by atoms with Crippen LogP contribution in [0.4, 0.5) is 4.39 Å². The molecule has 0 saturated carbocycles. The van der Waals surface area contributed by atoms with Crippen molar-refractivity contribution in [2.45, 2.75) is 39.7 Å². The summed E-state index contributed by atoms with van der Waals surface area (Å²) in [6.45, 7) is 7.99. The summed E-state index contributed by atoms with van der Waals surface area (Å²) >= 11 is 0. The van der Waals surface area contributed by atoms with Crippen LogP contribution in [0, 0.1) is 17.7 Å². The van der Waals surface area contributed by atoms with Gasteiger partial charge >= 0.3 is 5.97 Å². The van der Waals surface area contributed by atoms with E-state index in [0.29, 0.717) is 26.2 Å². The fourth-order valence-corrected chi connectivity index (χ4v) is 3.31. The molecule has 1 heterocycles. The van der Waals surface area contributed by atoms with Crippen molar-refractivity contribution in [3.63, 3.8) is 0 Å². The molecule has 1 N–H and O–H groups in total. The van der Waals surface area contributed by atoms with Crippen molar-refractivity contribution < 1.29 is 18.7 Å². The summed E-state index contributed by atoms with van der Waals surface area (Å²) < 4.78 is 18.2. The molecule has 1 unspecified atom stereocenters. The molecule has 0 spiro atoms. The molecule has 1 aromatic rings. The van der Waals surface area contributed by atoms with Gasteiger partial charge in [0.2, 0.25) is 5.91 Å². The Kier molecular flexibility index (Phi) is 7.57. The highest BCUT2D eigenvalue weighted by atomic mass is 19.1. The maximum atomic E-state index is 13.1. The fourth-order valence-electron chi connectivity index (χ4n) is 3.31. The highest BCUT2D eigenvalue weighted by Gasteiger charge is 2.27. The Hall–Kier alpha value is -1.95. The van der Waals surface area contributed by atoms with Crippen LogP contribution in [0.2, 0.25) is 0 Å². The van der Waals surface area contributed by atoms with Crippen molar-refractivity contribution in [3.05, 3.63) is 35.6 Å². The first-order chi connectivity index (χ1) is 12.4. The van der Waals surface area contributed by atoms with E-state index in [-0.39, 0.29) is 35.6 Å². The fraction of sp³-hybridized carbons (Fsp3) is 0.600. The SMILES string of the molecule is CCOC(=O)C1CCN(CC(=O)NC(c2ccc(F)cc2)C(C)C)CC1. The van der Waals surface area contributed by atoms with Crippen molar-refractivity contribution in [1.29, 1.82) is 0 Å². The van der Waals surface area contributed by atoms with Crippen molar-refractivity contribution in [2.24, 2.45) is 11.8 Å². The van der Waals surface area contributed by atoms with Crippen molar-refractivity contribution in [3.8, 4) is 0 Å². The zero-order valence-electron chi connectivity index (χ0n) is 15.8. The van der Waals surface area contributed by atoms with Crippen molar-refractivity contribution in [2.75, 3.05) is 26.2 Å². The second-order valence-electron chi connectivity index (χ2n) is 7.14. The van der Waals surface area contributed by atoms with Crippen molar-refractivity contribution in [1.82, 2.24) is 10.2 Å². The molecule has 0 radical (unpaired) electrons. The van der Waals surface area contributed by atoms with E-state index in [4.69, 9.17) is 4.74 Å². The van der Waals surface area contributed by atoms with Crippen LogP contribution in [0.5, 0.6) is 0 Å². The lowest BCUT2D eigenvalue weighted by Gasteiger charge is -2.31. The molecule has 1 fully saturated rings. The molecule has 0 aliphatic carbocycles. The monoisotopic (exact) mass is 364 g/mol. The molecule has 1 aliphatic heterocycles. The van der Waals surface area contributed by atoms with E-state index < -0.39 is 0 Å². The third kappa shape index (κ3) is 5.80. The number of rotatable bonds is 7. The van der Waals surface area contributed by atoms with Gasteiger partial charge in [-0.3, -0.25) is 14.5 Å². The summed E-state index contributed by atoms with van der Waals surface area (Å²) in [5, 5.41) is 3.06. The maximum Gasteiger partial charge on any atom is 0.309 e. The third-order valence-electron chi connectivity index (χ3n) is 4.79. The summed E-state index contributed by atoms with van der Waals surface area (Å²) in [5.74, 6) is -0.335. The normalized spacial score (nSPS) is 17.1. The second-order valence-corrected chi connectivity index (χ2v) is 7.14. The van der Waals surface area contributed by atoms with Gasteiger partial charge in [0.1, 0.15) is 5.82 Å². The largest absolute Gasteiger partial charge is 0.466 e. The average molecular weight is 364 g/mol. The lowest BCUT2D eigenvalue weighted by molar-refractivity contribution is -0.149. The quantitative estimate of drug-likeness (QED) is 0.756. The van der Waals surface area contributed by atoms with Gasteiger partial charge in [-0.05, 0) is 56.5 Å². The van der Waals surface area contributed by atoms with Gasteiger partial charge in [-0.1, -0.05) is 26.0 Å². The predicted molar refractivity (Wildman–Crippen MR) is 97.9 cm³/mol. The molecule has 1 aliphatic rings. The van der Waals surface area contributed by atoms with Crippen LogP contribution in [0.15, 0.2) is 24.3 Å². The van der Waals surface area contributed by atoms with Crippen LogP contribution in [0.25, 0.3) is 0 Å². The van der Waals surface area contributed by atoms with Gasteiger partial charge in [0.25, 0.3) is 0 Å². The number of carbonyl (C=O) groups is 2. The number of ether oxygens (including phenoxy) is 1. The number of esters is 1. The summed E-state index contributed by atoms with van der Waals surface area (Å²) in [7, 11) is 0. The Morgan fingerprint density at radius 1 is 1.23 bits per heavy atom. The zero-order chi connectivity index (χ0) is 19.1. The molecule has 6 heteroatoms. The number of nitrogens with one attached hydrogen (secondary N) is 1. The minimum atomic E-state index is -0.285. The lowest BCUT2D eigenvalue weighted by Crippen LogP contribution is -2.44. The second kappa shape index (κ2) is 9.67. The molecule has 0 bridgehead atoms. The molecule has 26 heavy (non-hydrogen) atoms. The van der Waals surface area contributed by atoms with Crippen molar-refractivity contribution >= 4 is 11.9 Å². The number of amides is 1. The third-order valence-corrected chi connectivity index (χ3v) is 4.79. The van der Waals surface area contributed by atoms with Gasteiger partial charge in [-0.2, -0.15) is 0 Å². The maximum absolute atomic E-state index is 13.1. The van der Waals surface area contributed by atoms with Crippen LogP contribution < -0.4 is 5.32 Å². The molecule has 1 saturated heterocycles. The van der Waals surface area contributed by atoms with Gasteiger partial charge in [-0.15, -0.1) is 0 Å². The molecule has 144 valence electrons. The molecule has 1 atom stereocenters. The average Bonchev–Trinajstić information content (AvgIpc) is 2.61. The molecule has 0 aromatic heterocycles. The zero-order valence-corrected chi connectivity index (χ0v) is 15.8. The van der Waals surface area contributed by atoms with Gasteiger partial charge < -0.3 is 10.1 Å². The Balaban J connectivity index is 1.85. The van der Waals surface area contributed by atoms with E-state index in [1.165, 1.54) is 12.1 Å². The van der Waals surface area contributed by atoms with E-state index in [1.807, 2.05) is 20.8 Å². The Morgan fingerprint density at radius 2 is 1.85 bits per heavy atom. The number of halogens is 1. The smallest absolute Gasteiger partial charge is 0.309 e. The molecular formula is C20H29FN2O3. The number of carbonyl (C=O) groups excluding carboxylic acids is 2. The highest BCUT2D eigenvalue weighted by molar-refractivity contribution is 5.78. The van der Waals surface area contributed by atoms with E-state index >= 15 is 0 Å². The highest BCUT2D eigenvalue weighted by Crippen LogP contribution is 2.22. The van der Waals surface area contributed by atoms with E-state index in [0.717, 1.165) is 18.4 Å². The number of hydrogen-bond acceptors (Lipinski definition) is 4. The van der Waals surface area contributed by atoms with Crippen LogP contribution in [0.3, 0.4) is 0 Å². The number of likely N-dealkylation sites (tertiary alicyclic amines) is 1. The van der Waals surface area contributed by atoms with E-state index in [9.17, 15) is 14.0 Å². The van der Waals surface area contributed by atoms with Crippen LogP contribution >= 0.6 is 0 Å². The number of nitrogens with zero attached hydrogens (tertiary/aromatic N) is 1. The van der Waals surface area contributed by atoms with Crippen LogP contribution in [-0.2, 0) is 14.3 Å². The number of benzene rings is 1. The summed E-state index contributed by atoms with van der Waals surface area (Å²) in [6.07, 6.45) is 1.44. The van der Waals surface area contributed by atoms with Gasteiger partial charge in [0, 0.05) is 0 Å². The Labute approximate surface area is 154 Å². The van der Waals surface area contributed by atoms with Crippen LogP contribution in [0.1, 0.15) is 45.2 Å². The lowest BCUT2D eigenvalue weighted by atomic mass is 9.95. The number of hydrogen-bond donors (Lipinski definition) is 1. The molecule has 1 amide bonds. The topological polar surface area (TPSA) is 58.6 Å². The first-order valence-corrected chi connectivity index (χ1v) is 9.34. The summed E-state index contributed by atoms with van der Waals surface area (Å²) in [6, 6.07) is 6.10. The summed E-state index contributed by atoms with van der Waals surface area (Å²) in [4.78, 5) is 26.3. The molecular weight excluding hydrogens is 335 g/mol. The number of piperidine rings is 1. The van der Waals surface area contributed by atoms with Gasteiger partial charge in [0.05, 0.1) is 25.1 Å². The van der Waals surface area contributed by atoms with Gasteiger partial charge in [0.15, 0.2) is 0 Å².